The van der Waals surface area contributed by atoms with E-state index in [2.05, 4.69) is 24.1 Å². The lowest BCUT2D eigenvalue weighted by atomic mass is 10.0. The molecular formula is C17H34N2O2. The van der Waals surface area contributed by atoms with E-state index < -0.39 is 0 Å². The predicted octanol–water partition coefficient (Wildman–Crippen LogP) is 2.55. The van der Waals surface area contributed by atoms with Crippen LogP contribution in [0.1, 0.15) is 66.2 Å². The molecule has 0 radical (unpaired) electrons. The minimum Gasteiger partial charge on any atom is -0.393 e. The fraction of sp³-hybridized carbons (Fsp3) is 0.941. The summed E-state index contributed by atoms with van der Waals surface area (Å²) >= 11 is 0. The Kier molecular flexibility index (Phi) is 8.27. The molecule has 0 spiro atoms. The van der Waals surface area contributed by atoms with Crippen molar-refractivity contribution in [3.8, 4) is 0 Å². The van der Waals surface area contributed by atoms with E-state index in [1.807, 2.05) is 13.8 Å². The Morgan fingerprint density at radius 3 is 2.57 bits per heavy atom. The van der Waals surface area contributed by atoms with Gasteiger partial charge >= 0.3 is 0 Å². The van der Waals surface area contributed by atoms with Gasteiger partial charge in [0, 0.05) is 12.6 Å². The summed E-state index contributed by atoms with van der Waals surface area (Å²) in [4.78, 5) is 14.7. The molecule has 1 saturated heterocycles. The number of carbonyl (C=O) groups is 1. The highest BCUT2D eigenvalue weighted by molar-refractivity contribution is 5.81. The number of hydrogen-bond donors (Lipinski definition) is 2. The molecule has 4 heteroatoms. The largest absolute Gasteiger partial charge is 0.393 e. The molecule has 3 unspecified atom stereocenters. The summed E-state index contributed by atoms with van der Waals surface area (Å²) in [6.45, 7) is 9.92. The van der Waals surface area contributed by atoms with Gasteiger partial charge in [-0.25, -0.2) is 0 Å². The summed E-state index contributed by atoms with van der Waals surface area (Å²) < 4.78 is 0. The first-order valence-corrected chi connectivity index (χ1v) is 8.63. The monoisotopic (exact) mass is 298 g/mol. The Labute approximate surface area is 130 Å². The van der Waals surface area contributed by atoms with Gasteiger partial charge in [-0.05, 0) is 52.0 Å². The Morgan fingerprint density at radius 2 is 1.95 bits per heavy atom. The molecule has 1 aliphatic rings. The predicted molar refractivity (Wildman–Crippen MR) is 87.2 cm³/mol. The number of aliphatic hydroxyl groups is 1. The number of nitrogens with one attached hydrogen (secondary N) is 1. The molecule has 1 heterocycles. The van der Waals surface area contributed by atoms with Crippen LogP contribution in [0.4, 0.5) is 0 Å². The number of rotatable bonds is 7. The number of likely N-dealkylation sites (tertiary alicyclic amines) is 1. The maximum Gasteiger partial charge on any atom is 0.237 e. The second-order valence-electron chi connectivity index (χ2n) is 6.98. The van der Waals surface area contributed by atoms with Crippen LogP contribution in [-0.2, 0) is 4.79 Å². The average Bonchev–Trinajstić information content (AvgIpc) is 2.62. The first-order valence-electron chi connectivity index (χ1n) is 8.63. The van der Waals surface area contributed by atoms with Crippen molar-refractivity contribution in [1.82, 2.24) is 10.2 Å². The molecule has 0 bridgehead atoms. The maximum absolute atomic E-state index is 12.4. The number of nitrogens with zero attached hydrogens (tertiary/aromatic N) is 1. The van der Waals surface area contributed by atoms with E-state index in [9.17, 15) is 9.90 Å². The molecule has 21 heavy (non-hydrogen) atoms. The van der Waals surface area contributed by atoms with Gasteiger partial charge in [-0.2, -0.15) is 0 Å². The van der Waals surface area contributed by atoms with E-state index in [1.165, 1.54) is 12.8 Å². The lowest BCUT2D eigenvalue weighted by molar-refractivity contribution is -0.127. The molecule has 0 saturated carbocycles. The third-order valence-corrected chi connectivity index (χ3v) is 4.43. The summed E-state index contributed by atoms with van der Waals surface area (Å²) in [6.07, 6.45) is 6.17. The Hall–Kier alpha value is -0.610. The van der Waals surface area contributed by atoms with Crippen molar-refractivity contribution in [1.29, 1.82) is 0 Å². The topological polar surface area (TPSA) is 52.6 Å². The molecule has 0 aromatic rings. The van der Waals surface area contributed by atoms with Crippen molar-refractivity contribution in [3.05, 3.63) is 0 Å². The number of aliphatic hydroxyl groups excluding tert-OH is 1. The minimum atomic E-state index is -0.299. The van der Waals surface area contributed by atoms with Crippen molar-refractivity contribution >= 4 is 5.91 Å². The van der Waals surface area contributed by atoms with Crippen LogP contribution in [0.3, 0.4) is 0 Å². The first kappa shape index (κ1) is 18.4. The van der Waals surface area contributed by atoms with Crippen LogP contribution in [0.5, 0.6) is 0 Å². The maximum atomic E-state index is 12.4. The molecule has 1 aliphatic heterocycles. The van der Waals surface area contributed by atoms with Crippen LogP contribution in [0.15, 0.2) is 0 Å². The zero-order chi connectivity index (χ0) is 15.8. The molecule has 2 N–H and O–H groups in total. The molecule has 0 aromatic carbocycles. The average molecular weight is 298 g/mol. The summed E-state index contributed by atoms with van der Waals surface area (Å²) in [7, 11) is 0. The standard InChI is InChI=1S/C17H34N2O2/c1-13(2)9-10-18-17(21)15(4)19-11-7-5-6-8-16(19)12-14(3)20/h13-16,20H,5-12H2,1-4H3,(H,18,21). The van der Waals surface area contributed by atoms with Gasteiger partial charge in [0.15, 0.2) is 0 Å². The lowest BCUT2D eigenvalue weighted by Crippen LogP contribution is -2.50. The van der Waals surface area contributed by atoms with Crippen LogP contribution >= 0.6 is 0 Å². The SMILES string of the molecule is CC(C)CCNC(=O)C(C)N1CCCCCC1CC(C)O. The zero-order valence-corrected chi connectivity index (χ0v) is 14.3. The highest BCUT2D eigenvalue weighted by atomic mass is 16.3. The summed E-state index contributed by atoms with van der Waals surface area (Å²) in [6, 6.07) is 0.234. The van der Waals surface area contributed by atoms with Crippen LogP contribution in [0.2, 0.25) is 0 Å². The molecule has 1 fully saturated rings. The smallest absolute Gasteiger partial charge is 0.237 e. The zero-order valence-electron chi connectivity index (χ0n) is 14.3. The number of amides is 1. The summed E-state index contributed by atoms with van der Waals surface area (Å²) in [5.74, 6) is 0.745. The van der Waals surface area contributed by atoms with Crippen LogP contribution < -0.4 is 5.32 Å². The molecule has 3 atom stereocenters. The second kappa shape index (κ2) is 9.42. The van der Waals surface area contributed by atoms with Gasteiger partial charge in [0.2, 0.25) is 5.91 Å². The van der Waals surface area contributed by atoms with Crippen molar-refractivity contribution < 1.29 is 9.90 Å². The van der Waals surface area contributed by atoms with Gasteiger partial charge in [-0.3, -0.25) is 9.69 Å². The van der Waals surface area contributed by atoms with E-state index >= 15 is 0 Å². The van der Waals surface area contributed by atoms with E-state index in [0.717, 1.165) is 38.8 Å². The minimum absolute atomic E-state index is 0.0981. The van der Waals surface area contributed by atoms with Gasteiger partial charge in [0.1, 0.15) is 0 Å². The molecule has 0 aliphatic carbocycles. The molecule has 124 valence electrons. The molecular weight excluding hydrogens is 264 g/mol. The first-order chi connectivity index (χ1) is 9.91. The molecule has 1 rings (SSSR count). The van der Waals surface area contributed by atoms with E-state index in [-0.39, 0.29) is 18.1 Å². The van der Waals surface area contributed by atoms with Crippen molar-refractivity contribution in [2.45, 2.75) is 84.4 Å². The van der Waals surface area contributed by atoms with Crippen LogP contribution in [0, 0.1) is 5.92 Å². The van der Waals surface area contributed by atoms with Crippen molar-refractivity contribution in [3.63, 3.8) is 0 Å². The van der Waals surface area contributed by atoms with Crippen molar-refractivity contribution in [2.24, 2.45) is 5.92 Å². The number of hydrogen-bond acceptors (Lipinski definition) is 3. The van der Waals surface area contributed by atoms with Crippen LogP contribution in [0.25, 0.3) is 0 Å². The van der Waals surface area contributed by atoms with Crippen molar-refractivity contribution in [2.75, 3.05) is 13.1 Å². The van der Waals surface area contributed by atoms with Gasteiger partial charge in [-0.1, -0.05) is 26.7 Å². The Bertz CT molecular complexity index is 305. The van der Waals surface area contributed by atoms with E-state index in [4.69, 9.17) is 0 Å². The third-order valence-electron chi connectivity index (χ3n) is 4.43. The summed E-state index contributed by atoms with van der Waals surface area (Å²) in [5.41, 5.74) is 0. The lowest BCUT2D eigenvalue weighted by Gasteiger charge is -2.35. The Balaban J connectivity index is 2.57. The van der Waals surface area contributed by atoms with E-state index in [1.54, 1.807) is 0 Å². The fourth-order valence-corrected chi connectivity index (χ4v) is 3.14. The molecule has 0 aromatic heterocycles. The normalized spacial score (nSPS) is 23.6. The molecule has 4 nitrogen and oxygen atoms in total. The highest BCUT2D eigenvalue weighted by Gasteiger charge is 2.29. The van der Waals surface area contributed by atoms with Gasteiger partial charge in [-0.15, -0.1) is 0 Å². The van der Waals surface area contributed by atoms with E-state index in [0.29, 0.717) is 12.0 Å². The summed E-state index contributed by atoms with van der Waals surface area (Å²) in [5, 5.41) is 12.8. The fourth-order valence-electron chi connectivity index (χ4n) is 3.14. The van der Waals surface area contributed by atoms with Gasteiger partial charge in [0.05, 0.1) is 12.1 Å². The Morgan fingerprint density at radius 1 is 1.24 bits per heavy atom. The quantitative estimate of drug-likeness (QED) is 0.759. The van der Waals surface area contributed by atoms with Crippen LogP contribution in [-0.4, -0.2) is 47.2 Å². The highest BCUT2D eigenvalue weighted by Crippen LogP contribution is 2.22. The second-order valence-corrected chi connectivity index (χ2v) is 6.98. The van der Waals surface area contributed by atoms with Gasteiger partial charge < -0.3 is 10.4 Å². The third kappa shape index (κ3) is 6.79. The van der Waals surface area contributed by atoms with Gasteiger partial charge in [0.25, 0.3) is 0 Å². The number of carbonyl (C=O) groups excluding carboxylic acids is 1. The molecule has 1 amide bonds.